The third kappa shape index (κ3) is 6.28. The van der Waals surface area contributed by atoms with E-state index in [0.717, 1.165) is 22.6 Å². The Bertz CT molecular complexity index is 894. The molecule has 0 aliphatic rings. The van der Waals surface area contributed by atoms with Gasteiger partial charge in [0.25, 0.3) is 5.91 Å². The van der Waals surface area contributed by atoms with E-state index < -0.39 is 0 Å². The summed E-state index contributed by atoms with van der Waals surface area (Å²) in [5, 5.41) is 2.80. The van der Waals surface area contributed by atoms with Gasteiger partial charge in [0.2, 0.25) is 0 Å². The zero-order valence-corrected chi connectivity index (χ0v) is 16.5. The molecular weight excluding hydrogens is 366 g/mol. The summed E-state index contributed by atoms with van der Waals surface area (Å²) in [6, 6.07) is 25.0. The second-order valence-corrected chi connectivity index (χ2v) is 6.25. The number of benzene rings is 3. The predicted octanol–water partition coefficient (Wildman–Crippen LogP) is 4.33. The molecule has 0 spiro atoms. The Labute approximate surface area is 171 Å². The largest absolute Gasteiger partial charge is 0.494 e. The SMILES string of the molecule is CCOc1ccc(OCCNC(=O)COc2ccccc2-c2ccccc2)cc1. The minimum absolute atomic E-state index is 0.0487. The van der Waals surface area contributed by atoms with Crippen molar-refractivity contribution in [3.05, 3.63) is 78.9 Å². The fourth-order valence-electron chi connectivity index (χ4n) is 2.80. The maximum atomic E-state index is 12.1. The van der Waals surface area contributed by atoms with Crippen LogP contribution >= 0.6 is 0 Å². The lowest BCUT2D eigenvalue weighted by Gasteiger charge is -2.12. The molecule has 0 aliphatic heterocycles. The van der Waals surface area contributed by atoms with Crippen LogP contribution in [0.3, 0.4) is 0 Å². The van der Waals surface area contributed by atoms with Gasteiger partial charge in [-0.3, -0.25) is 4.79 Å². The summed E-state index contributed by atoms with van der Waals surface area (Å²) in [5.74, 6) is 2.03. The Morgan fingerprint density at radius 1 is 0.793 bits per heavy atom. The van der Waals surface area contributed by atoms with Gasteiger partial charge in [-0.1, -0.05) is 48.5 Å². The number of hydrogen-bond acceptors (Lipinski definition) is 4. The van der Waals surface area contributed by atoms with Crippen molar-refractivity contribution in [1.82, 2.24) is 5.32 Å². The highest BCUT2D eigenvalue weighted by molar-refractivity contribution is 5.78. The van der Waals surface area contributed by atoms with Crippen LogP contribution in [0.5, 0.6) is 17.2 Å². The topological polar surface area (TPSA) is 56.8 Å². The highest BCUT2D eigenvalue weighted by atomic mass is 16.5. The molecule has 0 radical (unpaired) electrons. The zero-order valence-electron chi connectivity index (χ0n) is 16.5. The second-order valence-electron chi connectivity index (χ2n) is 6.25. The van der Waals surface area contributed by atoms with E-state index in [1.165, 1.54) is 0 Å². The Balaban J connectivity index is 1.42. The normalized spacial score (nSPS) is 10.2. The number of rotatable bonds is 10. The van der Waals surface area contributed by atoms with Crippen molar-refractivity contribution in [3.63, 3.8) is 0 Å². The molecule has 0 saturated heterocycles. The molecule has 3 aromatic carbocycles. The van der Waals surface area contributed by atoms with Gasteiger partial charge in [0.05, 0.1) is 13.2 Å². The zero-order chi connectivity index (χ0) is 20.3. The molecule has 1 N–H and O–H groups in total. The van der Waals surface area contributed by atoms with Gasteiger partial charge in [-0.25, -0.2) is 0 Å². The predicted molar refractivity (Wildman–Crippen MR) is 113 cm³/mol. The van der Waals surface area contributed by atoms with Crippen LogP contribution in [0.2, 0.25) is 0 Å². The number of hydrogen-bond donors (Lipinski definition) is 1. The van der Waals surface area contributed by atoms with Crippen LogP contribution in [-0.2, 0) is 4.79 Å². The maximum Gasteiger partial charge on any atom is 0.258 e. The van der Waals surface area contributed by atoms with Crippen molar-refractivity contribution in [2.75, 3.05) is 26.4 Å². The average Bonchev–Trinajstić information content (AvgIpc) is 2.77. The van der Waals surface area contributed by atoms with E-state index >= 15 is 0 Å². The smallest absolute Gasteiger partial charge is 0.258 e. The van der Waals surface area contributed by atoms with Gasteiger partial charge in [-0.05, 0) is 42.8 Å². The first kappa shape index (κ1) is 20.3. The molecule has 5 heteroatoms. The van der Waals surface area contributed by atoms with E-state index in [0.29, 0.717) is 25.5 Å². The molecule has 1 amide bonds. The van der Waals surface area contributed by atoms with Gasteiger partial charge < -0.3 is 19.5 Å². The van der Waals surface area contributed by atoms with Gasteiger partial charge >= 0.3 is 0 Å². The van der Waals surface area contributed by atoms with Gasteiger partial charge in [-0.2, -0.15) is 0 Å². The van der Waals surface area contributed by atoms with E-state index in [4.69, 9.17) is 14.2 Å². The Morgan fingerprint density at radius 2 is 1.45 bits per heavy atom. The molecule has 0 aliphatic carbocycles. The summed E-state index contributed by atoms with van der Waals surface area (Å²) in [6.45, 7) is 3.30. The van der Waals surface area contributed by atoms with E-state index in [9.17, 15) is 4.79 Å². The molecule has 0 aromatic heterocycles. The minimum Gasteiger partial charge on any atom is -0.494 e. The lowest BCUT2D eigenvalue weighted by Crippen LogP contribution is -2.32. The Hall–Kier alpha value is -3.47. The van der Waals surface area contributed by atoms with Crippen LogP contribution in [0.1, 0.15) is 6.92 Å². The van der Waals surface area contributed by atoms with E-state index in [1.54, 1.807) is 0 Å². The van der Waals surface area contributed by atoms with Gasteiger partial charge in [0, 0.05) is 5.56 Å². The van der Waals surface area contributed by atoms with Crippen molar-refractivity contribution < 1.29 is 19.0 Å². The number of nitrogens with one attached hydrogen (secondary N) is 1. The van der Waals surface area contributed by atoms with Crippen molar-refractivity contribution in [1.29, 1.82) is 0 Å². The monoisotopic (exact) mass is 391 g/mol. The van der Waals surface area contributed by atoms with Gasteiger partial charge in [0.15, 0.2) is 6.61 Å². The lowest BCUT2D eigenvalue weighted by atomic mass is 10.1. The average molecular weight is 391 g/mol. The van der Waals surface area contributed by atoms with Crippen molar-refractivity contribution >= 4 is 5.91 Å². The molecule has 0 atom stereocenters. The molecule has 29 heavy (non-hydrogen) atoms. The molecule has 0 fully saturated rings. The third-order valence-electron chi connectivity index (χ3n) is 4.16. The third-order valence-corrected chi connectivity index (χ3v) is 4.16. The first-order valence-electron chi connectivity index (χ1n) is 9.66. The van der Waals surface area contributed by atoms with Crippen LogP contribution in [0, 0.1) is 0 Å². The molecular formula is C24H25NO4. The van der Waals surface area contributed by atoms with Crippen LogP contribution in [0.4, 0.5) is 0 Å². The second kappa shape index (κ2) is 10.8. The van der Waals surface area contributed by atoms with Crippen LogP contribution in [0.15, 0.2) is 78.9 Å². The van der Waals surface area contributed by atoms with Crippen LogP contribution < -0.4 is 19.5 Å². The number of carbonyl (C=O) groups is 1. The molecule has 0 saturated carbocycles. The van der Waals surface area contributed by atoms with E-state index in [2.05, 4.69) is 5.32 Å². The standard InChI is InChI=1S/C24H25NO4/c1-2-27-20-12-14-21(15-13-20)28-17-16-25-24(26)18-29-23-11-7-6-10-22(23)19-8-4-3-5-9-19/h3-15H,2,16-18H2,1H3,(H,25,26). The molecule has 150 valence electrons. The van der Waals surface area contributed by atoms with Crippen molar-refractivity contribution in [2.45, 2.75) is 6.92 Å². The fourth-order valence-corrected chi connectivity index (χ4v) is 2.80. The molecule has 0 bridgehead atoms. The fraction of sp³-hybridized carbons (Fsp3) is 0.208. The molecule has 3 aromatic rings. The van der Waals surface area contributed by atoms with Gasteiger partial charge in [0.1, 0.15) is 23.9 Å². The first-order valence-corrected chi connectivity index (χ1v) is 9.66. The number of ether oxygens (including phenoxy) is 3. The number of para-hydroxylation sites is 1. The summed E-state index contributed by atoms with van der Waals surface area (Å²) in [6.07, 6.45) is 0. The molecule has 0 unspecified atom stereocenters. The molecule has 3 rings (SSSR count). The van der Waals surface area contributed by atoms with Crippen molar-refractivity contribution in [3.8, 4) is 28.4 Å². The highest BCUT2D eigenvalue weighted by Crippen LogP contribution is 2.29. The lowest BCUT2D eigenvalue weighted by molar-refractivity contribution is -0.123. The van der Waals surface area contributed by atoms with E-state index in [-0.39, 0.29) is 12.5 Å². The van der Waals surface area contributed by atoms with Crippen LogP contribution in [0.25, 0.3) is 11.1 Å². The molecule has 0 heterocycles. The maximum absolute atomic E-state index is 12.1. The summed E-state index contributed by atoms with van der Waals surface area (Å²) in [5.41, 5.74) is 2.01. The first-order chi connectivity index (χ1) is 14.3. The number of amides is 1. The highest BCUT2D eigenvalue weighted by Gasteiger charge is 2.08. The Morgan fingerprint density at radius 3 is 2.17 bits per heavy atom. The van der Waals surface area contributed by atoms with Crippen LogP contribution in [-0.4, -0.2) is 32.3 Å². The summed E-state index contributed by atoms with van der Waals surface area (Å²) in [4.78, 5) is 12.1. The Kier molecular flexibility index (Phi) is 7.52. The van der Waals surface area contributed by atoms with Crippen molar-refractivity contribution in [2.24, 2.45) is 0 Å². The molecule has 5 nitrogen and oxygen atoms in total. The van der Waals surface area contributed by atoms with E-state index in [1.807, 2.05) is 85.8 Å². The summed E-state index contributed by atoms with van der Waals surface area (Å²) < 4.78 is 16.7. The number of carbonyl (C=O) groups excluding carboxylic acids is 1. The summed E-state index contributed by atoms with van der Waals surface area (Å²) in [7, 11) is 0. The summed E-state index contributed by atoms with van der Waals surface area (Å²) >= 11 is 0. The minimum atomic E-state index is -0.192. The quantitative estimate of drug-likeness (QED) is 0.523. The van der Waals surface area contributed by atoms with Gasteiger partial charge in [-0.15, -0.1) is 0 Å².